The first-order valence-electron chi connectivity index (χ1n) is 5.15. The Morgan fingerprint density at radius 1 is 1.62 bits per heavy atom. The molecule has 0 N–H and O–H groups in total. The second-order valence-electron chi connectivity index (χ2n) is 3.96. The van der Waals surface area contributed by atoms with Crippen molar-refractivity contribution in [1.82, 2.24) is 4.57 Å². The highest BCUT2D eigenvalue weighted by atomic mass is 35.5. The van der Waals surface area contributed by atoms with Crippen LogP contribution in [-0.4, -0.2) is 10.9 Å². The first-order chi connectivity index (χ1) is 7.62. The van der Waals surface area contributed by atoms with Gasteiger partial charge in [-0.1, -0.05) is 12.7 Å². The second kappa shape index (κ2) is 4.22. The van der Waals surface area contributed by atoms with E-state index in [9.17, 15) is 4.79 Å². The number of carbonyl (C=O) groups is 1. The van der Waals surface area contributed by atoms with Crippen LogP contribution < -0.4 is 4.57 Å². The Morgan fingerprint density at radius 3 is 2.81 bits per heavy atom. The Bertz CT molecular complexity index is 435. The molecular formula is C11H13Cl2N2O+. The Kier molecular flexibility index (Phi) is 3.08. The Balaban J connectivity index is 2.49. The van der Waals surface area contributed by atoms with E-state index >= 15 is 0 Å². The number of hydrogen-bond donors (Lipinski definition) is 0. The highest BCUT2D eigenvalue weighted by Gasteiger charge is 2.52. The summed E-state index contributed by atoms with van der Waals surface area (Å²) in [5.74, 6) is 0.908. The van der Waals surface area contributed by atoms with E-state index < -0.39 is 0 Å². The monoisotopic (exact) mass is 259 g/mol. The van der Waals surface area contributed by atoms with Gasteiger partial charge in [-0.3, -0.25) is 4.79 Å². The lowest BCUT2D eigenvalue weighted by molar-refractivity contribution is -0.695. The smallest absolute Gasteiger partial charge is 0.279 e. The Hall–Kier alpha value is -0.800. The van der Waals surface area contributed by atoms with Crippen molar-refractivity contribution in [3.05, 3.63) is 29.8 Å². The van der Waals surface area contributed by atoms with Crippen LogP contribution in [0, 0.1) is 0 Å². The lowest BCUT2D eigenvalue weighted by Gasteiger charge is -2.05. The minimum atomic E-state index is -0.348. The molecule has 0 unspecified atom stereocenters. The molecule has 0 saturated heterocycles. The molecule has 1 saturated carbocycles. The minimum Gasteiger partial charge on any atom is -0.299 e. The Morgan fingerprint density at radius 2 is 2.31 bits per heavy atom. The van der Waals surface area contributed by atoms with Crippen molar-refractivity contribution in [1.29, 1.82) is 0 Å². The molecule has 2 rings (SSSR count). The van der Waals surface area contributed by atoms with Crippen LogP contribution in [0.1, 0.15) is 18.7 Å². The standard InChI is InChI=1S/C11H13Cl2N2O/c1-2-5-14-8-9(12)15(6-7-16)10(14)11(13)3-4-11/h2,7-8H,1,3-6H2/q+1. The fourth-order valence-corrected chi connectivity index (χ4v) is 2.45. The van der Waals surface area contributed by atoms with Gasteiger partial charge in [-0.2, -0.15) is 0 Å². The van der Waals surface area contributed by atoms with E-state index in [2.05, 4.69) is 6.58 Å². The normalized spacial score (nSPS) is 17.1. The van der Waals surface area contributed by atoms with Crippen LogP contribution in [0.4, 0.5) is 0 Å². The van der Waals surface area contributed by atoms with Gasteiger partial charge in [0.1, 0.15) is 24.2 Å². The molecule has 1 aromatic rings. The molecule has 0 atom stereocenters. The summed E-state index contributed by atoms with van der Waals surface area (Å²) >= 11 is 12.5. The molecule has 1 aliphatic rings. The number of aldehydes is 1. The van der Waals surface area contributed by atoms with Crippen LogP contribution in [0.2, 0.25) is 5.15 Å². The number of aromatic nitrogens is 2. The molecule has 0 aromatic carbocycles. The summed E-state index contributed by atoms with van der Waals surface area (Å²) in [6.07, 6.45) is 6.25. The SMILES string of the molecule is C=CC[n+]1cc(Cl)n(CC=O)c1C1(Cl)CC1. The molecule has 1 aliphatic carbocycles. The zero-order valence-corrected chi connectivity index (χ0v) is 10.3. The van der Waals surface area contributed by atoms with Crippen LogP contribution in [0.15, 0.2) is 18.9 Å². The lowest BCUT2D eigenvalue weighted by atomic mass is 10.3. The third-order valence-corrected chi connectivity index (χ3v) is 3.57. The fraction of sp³-hybridized carbons (Fsp3) is 0.455. The van der Waals surface area contributed by atoms with Crippen LogP contribution in [0.5, 0.6) is 0 Å². The molecule has 1 aromatic heterocycles. The summed E-state index contributed by atoms with van der Waals surface area (Å²) in [6, 6.07) is 0. The predicted molar refractivity (Wildman–Crippen MR) is 62.7 cm³/mol. The van der Waals surface area contributed by atoms with Crippen molar-refractivity contribution in [2.24, 2.45) is 0 Å². The molecule has 0 amide bonds. The van der Waals surface area contributed by atoms with Crippen LogP contribution >= 0.6 is 23.2 Å². The molecule has 0 bridgehead atoms. The second-order valence-corrected chi connectivity index (χ2v) is 5.07. The average Bonchev–Trinajstić information content (AvgIpc) is 2.88. The number of alkyl halides is 1. The highest BCUT2D eigenvalue weighted by Crippen LogP contribution is 2.51. The summed E-state index contributed by atoms with van der Waals surface area (Å²) in [4.78, 5) is 10.3. The summed E-state index contributed by atoms with van der Waals surface area (Å²) in [7, 11) is 0. The zero-order valence-electron chi connectivity index (χ0n) is 8.83. The quantitative estimate of drug-likeness (QED) is 0.344. The van der Waals surface area contributed by atoms with E-state index in [-0.39, 0.29) is 11.4 Å². The highest BCUT2D eigenvalue weighted by molar-refractivity contribution is 6.29. The van der Waals surface area contributed by atoms with Gasteiger partial charge in [0.05, 0.1) is 0 Å². The molecule has 16 heavy (non-hydrogen) atoms. The van der Waals surface area contributed by atoms with E-state index in [0.717, 1.165) is 25.0 Å². The van der Waals surface area contributed by atoms with Crippen molar-refractivity contribution in [2.45, 2.75) is 30.8 Å². The van der Waals surface area contributed by atoms with E-state index in [0.29, 0.717) is 11.7 Å². The van der Waals surface area contributed by atoms with Crippen LogP contribution in [-0.2, 0) is 22.8 Å². The molecule has 0 aliphatic heterocycles. The van der Waals surface area contributed by atoms with E-state index in [1.807, 2.05) is 4.57 Å². The number of hydrogen-bond acceptors (Lipinski definition) is 1. The minimum absolute atomic E-state index is 0.243. The van der Waals surface area contributed by atoms with Gasteiger partial charge < -0.3 is 0 Å². The summed E-state index contributed by atoms with van der Waals surface area (Å²) < 4.78 is 3.72. The van der Waals surface area contributed by atoms with E-state index in [1.165, 1.54) is 0 Å². The third kappa shape index (κ3) is 1.89. The summed E-state index contributed by atoms with van der Waals surface area (Å²) in [5.41, 5.74) is 0. The van der Waals surface area contributed by atoms with Gasteiger partial charge in [0, 0.05) is 0 Å². The fourth-order valence-electron chi connectivity index (χ4n) is 1.87. The topological polar surface area (TPSA) is 25.9 Å². The lowest BCUT2D eigenvalue weighted by Crippen LogP contribution is -2.39. The number of imidazole rings is 1. The van der Waals surface area contributed by atoms with E-state index in [1.54, 1.807) is 16.8 Å². The van der Waals surface area contributed by atoms with Gasteiger partial charge in [-0.25, -0.2) is 9.13 Å². The summed E-state index contributed by atoms with van der Waals surface area (Å²) in [5, 5.41) is 0.538. The number of rotatable bonds is 5. The number of nitrogens with zero attached hydrogens (tertiary/aromatic N) is 2. The number of carbonyl (C=O) groups excluding carboxylic acids is 1. The number of halogens is 2. The van der Waals surface area contributed by atoms with Crippen LogP contribution in [0.25, 0.3) is 0 Å². The maximum Gasteiger partial charge on any atom is 0.279 e. The summed E-state index contributed by atoms with van der Waals surface area (Å²) in [6.45, 7) is 4.59. The molecule has 1 fully saturated rings. The molecule has 0 spiro atoms. The van der Waals surface area contributed by atoms with E-state index in [4.69, 9.17) is 23.2 Å². The van der Waals surface area contributed by atoms with Gasteiger partial charge >= 0.3 is 0 Å². The molecule has 5 heteroatoms. The van der Waals surface area contributed by atoms with Gasteiger partial charge in [-0.05, 0) is 24.4 Å². The maximum absolute atomic E-state index is 10.6. The number of allylic oxidation sites excluding steroid dienone is 1. The van der Waals surface area contributed by atoms with Crippen molar-refractivity contribution < 1.29 is 9.36 Å². The van der Waals surface area contributed by atoms with Crippen molar-refractivity contribution in [3.8, 4) is 0 Å². The van der Waals surface area contributed by atoms with Crippen molar-refractivity contribution >= 4 is 29.5 Å². The molecule has 86 valence electrons. The van der Waals surface area contributed by atoms with Gasteiger partial charge in [0.2, 0.25) is 5.15 Å². The Labute approximate surface area is 104 Å². The largest absolute Gasteiger partial charge is 0.299 e. The molecule has 1 heterocycles. The first kappa shape index (κ1) is 11.7. The molecule has 3 nitrogen and oxygen atoms in total. The van der Waals surface area contributed by atoms with Crippen molar-refractivity contribution in [2.75, 3.05) is 0 Å². The van der Waals surface area contributed by atoms with Crippen molar-refractivity contribution in [3.63, 3.8) is 0 Å². The van der Waals surface area contributed by atoms with Gasteiger partial charge in [0.25, 0.3) is 5.82 Å². The third-order valence-electron chi connectivity index (χ3n) is 2.72. The average molecular weight is 260 g/mol. The van der Waals surface area contributed by atoms with Gasteiger partial charge in [-0.15, -0.1) is 11.6 Å². The first-order valence-corrected chi connectivity index (χ1v) is 5.90. The van der Waals surface area contributed by atoms with Crippen LogP contribution in [0.3, 0.4) is 0 Å². The molecular weight excluding hydrogens is 247 g/mol. The zero-order chi connectivity index (χ0) is 11.8. The predicted octanol–water partition coefficient (Wildman–Crippen LogP) is 2.04. The maximum atomic E-state index is 10.6. The van der Waals surface area contributed by atoms with Gasteiger partial charge in [0.15, 0.2) is 6.29 Å². The molecule has 0 radical (unpaired) electrons.